The van der Waals surface area contributed by atoms with Crippen LogP contribution in [0.25, 0.3) is 0 Å². The van der Waals surface area contributed by atoms with Gasteiger partial charge in [-0.1, -0.05) is 0 Å². The second-order valence-corrected chi connectivity index (χ2v) is 2.30. The highest BCUT2D eigenvalue weighted by atomic mass is 16.5. The van der Waals surface area contributed by atoms with Crippen molar-refractivity contribution < 1.29 is 19.4 Å². The number of hydrogen-bond acceptors (Lipinski definition) is 3. The first-order valence-corrected chi connectivity index (χ1v) is 3.27. The summed E-state index contributed by atoms with van der Waals surface area (Å²) in [6.07, 6.45) is 2.83. The van der Waals surface area contributed by atoms with Gasteiger partial charge in [-0.25, -0.2) is 9.59 Å². The summed E-state index contributed by atoms with van der Waals surface area (Å²) in [5, 5.41) is 8.13. The highest BCUT2D eigenvalue weighted by molar-refractivity contribution is 5.90. The van der Waals surface area contributed by atoms with Crippen LogP contribution in [0.15, 0.2) is 24.0 Å². The molecule has 0 fully saturated rings. The predicted octanol–water partition coefficient (Wildman–Crippen LogP) is 1.09. The summed E-state index contributed by atoms with van der Waals surface area (Å²) >= 11 is 0. The number of carbonyl (C=O) groups excluding carboxylic acids is 1. The first-order chi connectivity index (χ1) is 5.52. The maximum Gasteiger partial charge on any atom is 0.335 e. The summed E-state index contributed by atoms with van der Waals surface area (Å²) in [7, 11) is 0. The minimum absolute atomic E-state index is 0.696. The first kappa shape index (κ1) is 10.4. The van der Waals surface area contributed by atoms with Crippen molar-refractivity contribution >= 4 is 11.9 Å². The molecule has 0 aliphatic rings. The largest absolute Gasteiger partial charge is 0.478 e. The van der Waals surface area contributed by atoms with Crippen LogP contribution in [0.3, 0.4) is 0 Å². The van der Waals surface area contributed by atoms with Crippen LogP contribution < -0.4 is 0 Å². The van der Waals surface area contributed by atoms with Crippen molar-refractivity contribution in [1.82, 2.24) is 0 Å². The van der Waals surface area contributed by atoms with Crippen LogP contribution >= 0.6 is 0 Å². The van der Waals surface area contributed by atoms with Crippen molar-refractivity contribution in [1.29, 1.82) is 0 Å². The zero-order valence-electron chi connectivity index (χ0n) is 6.90. The van der Waals surface area contributed by atoms with E-state index in [-0.39, 0.29) is 0 Å². The Hall–Kier alpha value is -1.58. The number of carboxylic acid groups (broad SMARTS) is 1. The molecule has 0 saturated carbocycles. The monoisotopic (exact) mass is 170 g/mol. The van der Waals surface area contributed by atoms with Crippen molar-refractivity contribution in [2.45, 2.75) is 13.8 Å². The molecule has 4 nitrogen and oxygen atoms in total. The lowest BCUT2D eigenvalue weighted by atomic mass is 10.4. The Morgan fingerprint density at radius 2 is 1.83 bits per heavy atom. The predicted molar refractivity (Wildman–Crippen MR) is 42.3 cm³/mol. The maximum atomic E-state index is 10.6. The average Bonchev–Trinajstić information content (AvgIpc) is 1.96. The van der Waals surface area contributed by atoms with Crippen molar-refractivity contribution in [3.8, 4) is 0 Å². The van der Waals surface area contributed by atoms with Gasteiger partial charge in [-0.15, -0.1) is 0 Å². The summed E-state index contributed by atoms with van der Waals surface area (Å²) < 4.78 is 4.50. The topological polar surface area (TPSA) is 63.6 Å². The summed E-state index contributed by atoms with van der Waals surface area (Å²) in [6.45, 7) is 3.52. The van der Waals surface area contributed by atoms with Crippen LogP contribution in [0, 0.1) is 0 Å². The maximum absolute atomic E-state index is 10.6. The standard InChI is InChI=1S/C8H10O4/c1-6(2)5-12-8(11)4-3-7(9)10/h3-5H,1-2H3,(H,9,10). The molecule has 0 radical (unpaired) electrons. The Balaban J connectivity index is 3.91. The summed E-state index contributed by atoms with van der Waals surface area (Å²) in [6, 6.07) is 0. The van der Waals surface area contributed by atoms with Crippen molar-refractivity contribution in [3.63, 3.8) is 0 Å². The Morgan fingerprint density at radius 3 is 2.25 bits per heavy atom. The molecule has 0 bridgehead atoms. The van der Waals surface area contributed by atoms with E-state index in [1.807, 2.05) is 0 Å². The smallest absolute Gasteiger partial charge is 0.335 e. The van der Waals surface area contributed by atoms with E-state index in [9.17, 15) is 9.59 Å². The number of ether oxygens (including phenoxy) is 1. The van der Waals surface area contributed by atoms with E-state index in [1.54, 1.807) is 13.8 Å². The quantitative estimate of drug-likeness (QED) is 0.391. The van der Waals surface area contributed by atoms with Gasteiger partial charge in [-0.3, -0.25) is 0 Å². The van der Waals surface area contributed by atoms with Crippen molar-refractivity contribution in [2.24, 2.45) is 0 Å². The minimum atomic E-state index is -1.18. The fourth-order valence-corrected chi connectivity index (χ4v) is 0.355. The molecule has 0 aromatic heterocycles. The number of allylic oxidation sites excluding steroid dienone is 1. The number of carboxylic acids is 1. The molecule has 0 aliphatic heterocycles. The number of hydrogen-bond donors (Lipinski definition) is 1. The number of esters is 1. The molecule has 0 spiro atoms. The van der Waals surface area contributed by atoms with Crippen LogP contribution in [-0.4, -0.2) is 17.0 Å². The molecule has 0 heterocycles. The molecule has 0 saturated heterocycles. The fraction of sp³-hybridized carbons (Fsp3) is 0.250. The highest BCUT2D eigenvalue weighted by Gasteiger charge is 1.94. The van der Waals surface area contributed by atoms with Gasteiger partial charge in [0.2, 0.25) is 0 Å². The van der Waals surface area contributed by atoms with Gasteiger partial charge in [0.05, 0.1) is 6.26 Å². The fourth-order valence-electron chi connectivity index (χ4n) is 0.355. The third kappa shape index (κ3) is 6.54. The average molecular weight is 170 g/mol. The van der Waals surface area contributed by atoms with E-state index in [0.29, 0.717) is 0 Å². The molecular formula is C8H10O4. The molecule has 1 N–H and O–H groups in total. The second kappa shape index (κ2) is 5.12. The Bertz CT molecular complexity index is 233. The number of rotatable bonds is 3. The summed E-state index contributed by atoms with van der Waals surface area (Å²) in [5.74, 6) is -1.87. The van der Waals surface area contributed by atoms with Gasteiger partial charge in [-0.05, 0) is 19.4 Å². The van der Waals surface area contributed by atoms with Gasteiger partial charge < -0.3 is 9.84 Å². The Kier molecular flexibility index (Phi) is 4.45. The number of aliphatic carboxylic acids is 1. The van der Waals surface area contributed by atoms with Gasteiger partial charge in [0.25, 0.3) is 0 Å². The second-order valence-electron chi connectivity index (χ2n) is 2.30. The molecule has 0 amide bonds. The zero-order chi connectivity index (χ0) is 9.56. The van der Waals surface area contributed by atoms with Crippen LogP contribution in [0.5, 0.6) is 0 Å². The van der Waals surface area contributed by atoms with E-state index in [1.165, 1.54) is 6.26 Å². The normalized spacial score (nSPS) is 9.50. The molecule has 66 valence electrons. The lowest BCUT2D eigenvalue weighted by molar-refractivity contribution is -0.134. The zero-order valence-corrected chi connectivity index (χ0v) is 6.90. The third-order valence-corrected chi connectivity index (χ3v) is 0.773. The van der Waals surface area contributed by atoms with E-state index in [2.05, 4.69) is 4.74 Å². The lowest BCUT2D eigenvalue weighted by Gasteiger charge is -1.92. The molecule has 0 aromatic rings. The molecule has 4 heteroatoms. The van der Waals surface area contributed by atoms with E-state index in [0.717, 1.165) is 17.7 Å². The summed E-state index contributed by atoms with van der Waals surface area (Å²) in [4.78, 5) is 20.6. The Labute approximate surface area is 70.1 Å². The SMILES string of the molecule is CC(C)=COC(=O)C=CC(=O)O. The van der Waals surface area contributed by atoms with Gasteiger partial charge in [-0.2, -0.15) is 0 Å². The third-order valence-electron chi connectivity index (χ3n) is 0.773. The van der Waals surface area contributed by atoms with E-state index < -0.39 is 11.9 Å². The summed E-state index contributed by atoms with van der Waals surface area (Å²) in [5.41, 5.74) is 0.826. The van der Waals surface area contributed by atoms with Crippen molar-refractivity contribution in [2.75, 3.05) is 0 Å². The molecule has 0 aromatic carbocycles. The molecular weight excluding hydrogens is 160 g/mol. The molecule has 0 unspecified atom stereocenters. The Morgan fingerprint density at radius 1 is 1.25 bits per heavy atom. The van der Waals surface area contributed by atoms with Crippen LogP contribution in [-0.2, 0) is 14.3 Å². The van der Waals surface area contributed by atoms with Gasteiger partial charge in [0.15, 0.2) is 0 Å². The first-order valence-electron chi connectivity index (χ1n) is 3.27. The molecule has 0 aliphatic carbocycles. The van der Waals surface area contributed by atoms with Crippen LogP contribution in [0.2, 0.25) is 0 Å². The van der Waals surface area contributed by atoms with Gasteiger partial charge in [0, 0.05) is 12.2 Å². The lowest BCUT2D eigenvalue weighted by Crippen LogP contribution is -1.96. The van der Waals surface area contributed by atoms with Gasteiger partial charge in [0.1, 0.15) is 0 Å². The molecule has 0 atom stereocenters. The number of carbonyl (C=O) groups is 2. The molecule has 0 rings (SSSR count). The van der Waals surface area contributed by atoms with Crippen LogP contribution in [0.1, 0.15) is 13.8 Å². The van der Waals surface area contributed by atoms with E-state index in [4.69, 9.17) is 5.11 Å². The minimum Gasteiger partial charge on any atom is -0.478 e. The van der Waals surface area contributed by atoms with Gasteiger partial charge >= 0.3 is 11.9 Å². The van der Waals surface area contributed by atoms with Crippen molar-refractivity contribution in [3.05, 3.63) is 24.0 Å². The molecule has 12 heavy (non-hydrogen) atoms. The van der Waals surface area contributed by atoms with E-state index >= 15 is 0 Å². The highest BCUT2D eigenvalue weighted by Crippen LogP contribution is 1.90. The van der Waals surface area contributed by atoms with Crippen LogP contribution in [0.4, 0.5) is 0 Å².